The van der Waals surface area contributed by atoms with Crippen LogP contribution in [0, 0.1) is 17.6 Å². The maximum Gasteiger partial charge on any atom is 0.416 e. The Hall–Kier alpha value is -2.98. The van der Waals surface area contributed by atoms with Crippen LogP contribution in [0.5, 0.6) is 0 Å². The molecular formula is C29H30F5N3OS. The summed E-state index contributed by atoms with van der Waals surface area (Å²) in [7, 11) is 0. The first-order valence-corrected chi connectivity index (χ1v) is 13.7. The third-order valence-electron chi connectivity index (χ3n) is 7.08. The van der Waals surface area contributed by atoms with Gasteiger partial charge in [-0.3, -0.25) is 0 Å². The van der Waals surface area contributed by atoms with E-state index < -0.39 is 34.2 Å². The highest BCUT2D eigenvalue weighted by Gasteiger charge is 2.41. The maximum absolute atomic E-state index is 14.8. The predicted molar refractivity (Wildman–Crippen MR) is 143 cm³/mol. The lowest BCUT2D eigenvalue weighted by atomic mass is 9.88. The molecule has 4 nitrogen and oxygen atoms in total. The number of nitrogens with zero attached hydrogens (tertiary/aromatic N) is 3. The molecule has 0 aliphatic heterocycles. The average molecular weight is 564 g/mol. The lowest BCUT2D eigenvalue weighted by molar-refractivity contribution is -0.137. The van der Waals surface area contributed by atoms with E-state index in [9.17, 15) is 27.1 Å². The van der Waals surface area contributed by atoms with Gasteiger partial charge in [-0.25, -0.2) is 18.4 Å². The fourth-order valence-corrected chi connectivity index (χ4v) is 6.37. The molecule has 1 aromatic heterocycles. The van der Waals surface area contributed by atoms with E-state index in [-0.39, 0.29) is 17.4 Å². The molecule has 2 aromatic carbocycles. The Morgan fingerprint density at radius 2 is 1.77 bits per heavy atom. The van der Waals surface area contributed by atoms with Crippen molar-refractivity contribution in [3.63, 3.8) is 0 Å². The maximum atomic E-state index is 14.8. The summed E-state index contributed by atoms with van der Waals surface area (Å²) in [6.07, 6.45) is 9.80. The van der Waals surface area contributed by atoms with Crippen molar-refractivity contribution >= 4 is 17.8 Å². The number of thioether (sulfide) groups is 1. The van der Waals surface area contributed by atoms with Gasteiger partial charge in [0.1, 0.15) is 29.9 Å². The van der Waals surface area contributed by atoms with Crippen LogP contribution in [0.25, 0.3) is 6.08 Å². The molecule has 0 saturated heterocycles. The first-order valence-electron chi connectivity index (χ1n) is 12.7. The molecule has 0 amide bonds. The van der Waals surface area contributed by atoms with E-state index in [1.807, 2.05) is 19.1 Å². The SMILES string of the molecule is C[C@@H](SC1CCC(/C=C/C=C/c2ccc(C(F)(F)F)cc2)CC1)[C@](O)(Cn1cncn1)c1ccc(F)cc1F. The number of halogens is 5. The highest BCUT2D eigenvalue weighted by atomic mass is 32.2. The molecule has 2 atom stereocenters. The molecule has 1 fully saturated rings. The number of benzene rings is 2. The molecule has 0 radical (unpaired) electrons. The van der Waals surface area contributed by atoms with Crippen molar-refractivity contribution in [2.45, 2.75) is 61.4 Å². The number of rotatable bonds is 9. The minimum absolute atomic E-state index is 0.0208. The molecule has 0 spiro atoms. The monoisotopic (exact) mass is 563 g/mol. The third kappa shape index (κ3) is 7.57. The Balaban J connectivity index is 1.33. The molecule has 1 heterocycles. The summed E-state index contributed by atoms with van der Waals surface area (Å²) in [4.78, 5) is 3.91. The minimum atomic E-state index is -4.34. The van der Waals surface area contributed by atoms with Gasteiger partial charge in [0.15, 0.2) is 0 Å². The van der Waals surface area contributed by atoms with Gasteiger partial charge in [-0.15, -0.1) is 0 Å². The normalized spacial score (nSPS) is 20.9. The van der Waals surface area contributed by atoms with E-state index in [1.54, 1.807) is 17.8 Å². The van der Waals surface area contributed by atoms with Gasteiger partial charge in [-0.2, -0.15) is 30.0 Å². The van der Waals surface area contributed by atoms with Crippen LogP contribution in [0.4, 0.5) is 22.0 Å². The fraction of sp³-hybridized carbons (Fsp3) is 0.379. The van der Waals surface area contributed by atoms with Gasteiger partial charge < -0.3 is 5.11 Å². The van der Waals surface area contributed by atoms with Gasteiger partial charge in [0.25, 0.3) is 0 Å². The molecule has 1 aliphatic carbocycles. The summed E-state index contributed by atoms with van der Waals surface area (Å²) >= 11 is 1.60. The van der Waals surface area contributed by atoms with Gasteiger partial charge in [0.2, 0.25) is 0 Å². The van der Waals surface area contributed by atoms with Crippen LogP contribution in [0.3, 0.4) is 0 Å². The predicted octanol–water partition coefficient (Wildman–Crippen LogP) is 7.41. The zero-order chi connectivity index (χ0) is 28.0. The Kier molecular flexibility index (Phi) is 9.27. The van der Waals surface area contributed by atoms with Gasteiger partial charge in [-0.05, 0) is 55.4 Å². The molecule has 208 valence electrons. The summed E-state index contributed by atoms with van der Waals surface area (Å²) in [5, 5.41) is 15.6. The molecule has 3 aromatic rings. The molecule has 1 aliphatic rings. The smallest absolute Gasteiger partial charge is 0.382 e. The Morgan fingerprint density at radius 3 is 2.38 bits per heavy atom. The average Bonchev–Trinajstić information content (AvgIpc) is 3.40. The highest BCUT2D eigenvalue weighted by Crippen LogP contribution is 2.42. The number of alkyl halides is 3. The van der Waals surface area contributed by atoms with Gasteiger partial charge in [0, 0.05) is 22.1 Å². The van der Waals surface area contributed by atoms with E-state index >= 15 is 0 Å². The van der Waals surface area contributed by atoms with Crippen LogP contribution in [0.1, 0.15) is 49.3 Å². The Morgan fingerprint density at radius 1 is 1.05 bits per heavy atom. The fourth-order valence-electron chi connectivity index (χ4n) is 4.82. The van der Waals surface area contributed by atoms with E-state index in [2.05, 4.69) is 16.2 Å². The summed E-state index contributed by atoms with van der Waals surface area (Å²) < 4.78 is 67.9. The summed E-state index contributed by atoms with van der Waals surface area (Å²) in [6, 6.07) is 8.24. The van der Waals surface area contributed by atoms with Crippen molar-refractivity contribution in [1.29, 1.82) is 0 Å². The molecule has 0 unspecified atom stereocenters. The van der Waals surface area contributed by atoms with Crippen molar-refractivity contribution < 1.29 is 27.1 Å². The topological polar surface area (TPSA) is 50.9 Å². The van der Waals surface area contributed by atoms with Crippen LogP contribution in [-0.4, -0.2) is 30.4 Å². The van der Waals surface area contributed by atoms with Crippen molar-refractivity contribution in [2.75, 3.05) is 0 Å². The zero-order valence-corrected chi connectivity index (χ0v) is 22.2. The molecule has 1 N–H and O–H groups in total. The van der Waals surface area contributed by atoms with Crippen LogP contribution in [-0.2, 0) is 18.3 Å². The largest absolute Gasteiger partial charge is 0.416 e. The zero-order valence-electron chi connectivity index (χ0n) is 21.4. The van der Waals surface area contributed by atoms with Gasteiger partial charge in [0.05, 0.1) is 12.1 Å². The van der Waals surface area contributed by atoms with Crippen LogP contribution >= 0.6 is 11.8 Å². The van der Waals surface area contributed by atoms with Crippen molar-refractivity contribution in [2.24, 2.45) is 5.92 Å². The second-order valence-corrected chi connectivity index (χ2v) is 11.5. The van der Waals surface area contributed by atoms with Crippen molar-refractivity contribution in [3.8, 4) is 0 Å². The van der Waals surface area contributed by atoms with E-state index in [1.165, 1.54) is 35.5 Å². The lowest BCUT2D eigenvalue weighted by Crippen LogP contribution is -2.42. The number of hydrogen-bond acceptors (Lipinski definition) is 4. The lowest BCUT2D eigenvalue weighted by Gasteiger charge is -2.37. The first-order chi connectivity index (χ1) is 18.5. The molecule has 39 heavy (non-hydrogen) atoms. The number of aromatic nitrogens is 3. The molecular weight excluding hydrogens is 533 g/mol. The molecule has 1 saturated carbocycles. The Labute approximate surface area is 228 Å². The summed E-state index contributed by atoms with van der Waals surface area (Å²) in [6.45, 7) is 1.83. The number of allylic oxidation sites excluding steroid dienone is 3. The second-order valence-electron chi connectivity index (χ2n) is 9.82. The molecule has 0 bridgehead atoms. The van der Waals surface area contributed by atoms with Crippen molar-refractivity contribution in [1.82, 2.24) is 14.8 Å². The summed E-state index contributed by atoms with van der Waals surface area (Å²) in [5.74, 6) is -1.14. The van der Waals surface area contributed by atoms with Gasteiger partial charge in [-0.1, -0.05) is 49.4 Å². The number of aliphatic hydroxyl groups is 1. The molecule has 10 heteroatoms. The van der Waals surface area contributed by atoms with E-state index in [0.717, 1.165) is 49.9 Å². The number of hydrogen-bond donors (Lipinski definition) is 1. The minimum Gasteiger partial charge on any atom is -0.382 e. The molecule has 4 rings (SSSR count). The van der Waals surface area contributed by atoms with Crippen LogP contribution < -0.4 is 0 Å². The Bertz CT molecular complexity index is 1270. The van der Waals surface area contributed by atoms with E-state index in [4.69, 9.17) is 0 Å². The van der Waals surface area contributed by atoms with Crippen LogP contribution in [0.2, 0.25) is 0 Å². The van der Waals surface area contributed by atoms with Crippen LogP contribution in [0.15, 0.2) is 73.3 Å². The summed E-state index contributed by atoms with van der Waals surface area (Å²) in [5.41, 5.74) is -1.58. The van der Waals surface area contributed by atoms with Gasteiger partial charge >= 0.3 is 6.18 Å². The second kappa shape index (κ2) is 12.5. The van der Waals surface area contributed by atoms with E-state index in [0.29, 0.717) is 11.5 Å². The highest BCUT2D eigenvalue weighted by molar-refractivity contribution is 8.00. The van der Waals surface area contributed by atoms with Crippen molar-refractivity contribution in [3.05, 3.63) is 102 Å². The third-order valence-corrected chi connectivity index (χ3v) is 8.73. The first kappa shape index (κ1) is 29.0. The quantitative estimate of drug-likeness (QED) is 0.218. The standard InChI is InChI=1S/C29H30F5N3OS/c1-20(28(38,17-37-19-35-18-36-37)26-15-12-24(30)16-27(26)31)39-25-13-8-22(9-14-25)5-3-2-4-21-6-10-23(11-7-21)29(32,33)34/h2-7,10-12,15-16,18-20,22,25,38H,8-9,13-14,17H2,1H3/b4-2+,5-3+/t20-,22?,25?,28-/m1/s1.